The number of rotatable bonds is 2. The van der Waals surface area contributed by atoms with Crippen molar-refractivity contribution in [2.24, 2.45) is 0 Å². The fraction of sp³-hybridized carbons (Fsp3) is 0.0667. The van der Waals surface area contributed by atoms with E-state index >= 15 is 0 Å². The number of aromatic amines is 1. The number of amides is 1. The number of nitrogens with zero attached hydrogens (tertiary/aromatic N) is 1. The van der Waals surface area contributed by atoms with E-state index in [1.165, 1.54) is 6.08 Å². The Morgan fingerprint density at radius 1 is 1.26 bits per heavy atom. The summed E-state index contributed by atoms with van der Waals surface area (Å²) in [5.74, 6) is -0.138. The van der Waals surface area contributed by atoms with Gasteiger partial charge in [-0.1, -0.05) is 18.2 Å². The maximum atomic E-state index is 11.2. The summed E-state index contributed by atoms with van der Waals surface area (Å²) in [5.41, 5.74) is 2.85. The molecule has 3 aromatic rings. The molecule has 0 unspecified atom stereocenters. The molecule has 0 radical (unpaired) electrons. The van der Waals surface area contributed by atoms with Gasteiger partial charge in [-0.15, -0.1) is 0 Å². The summed E-state index contributed by atoms with van der Waals surface area (Å²) in [7, 11) is 1.60. The first-order valence-corrected chi connectivity index (χ1v) is 6.04. The van der Waals surface area contributed by atoms with Gasteiger partial charge in [0.05, 0.1) is 17.4 Å². The van der Waals surface area contributed by atoms with Gasteiger partial charge in [-0.2, -0.15) is 0 Å². The Hall–Kier alpha value is -2.62. The molecule has 0 aliphatic rings. The van der Waals surface area contributed by atoms with Gasteiger partial charge < -0.3 is 10.3 Å². The molecule has 19 heavy (non-hydrogen) atoms. The Labute approximate surface area is 110 Å². The second kappa shape index (κ2) is 4.57. The second-order valence-corrected chi connectivity index (χ2v) is 4.27. The fourth-order valence-corrected chi connectivity index (χ4v) is 2.10. The van der Waals surface area contributed by atoms with Crippen molar-refractivity contribution in [3.8, 4) is 0 Å². The molecule has 0 saturated heterocycles. The minimum absolute atomic E-state index is 0.138. The summed E-state index contributed by atoms with van der Waals surface area (Å²) < 4.78 is 0. The average molecular weight is 251 g/mol. The van der Waals surface area contributed by atoms with Crippen molar-refractivity contribution in [2.45, 2.75) is 0 Å². The van der Waals surface area contributed by atoms with E-state index in [1.54, 1.807) is 19.3 Å². The van der Waals surface area contributed by atoms with Crippen LogP contribution in [-0.2, 0) is 4.79 Å². The molecule has 3 rings (SSSR count). The van der Waals surface area contributed by atoms with Crippen molar-refractivity contribution in [1.29, 1.82) is 0 Å². The molecular weight excluding hydrogens is 238 g/mol. The van der Waals surface area contributed by atoms with Gasteiger partial charge in [0.1, 0.15) is 0 Å². The molecule has 2 aromatic heterocycles. The maximum Gasteiger partial charge on any atom is 0.243 e. The number of H-pyrrole nitrogens is 1. The molecule has 0 atom stereocenters. The normalized spacial score (nSPS) is 11.4. The number of pyridine rings is 1. The van der Waals surface area contributed by atoms with Crippen LogP contribution in [0.1, 0.15) is 5.69 Å². The quantitative estimate of drug-likeness (QED) is 0.687. The van der Waals surface area contributed by atoms with Gasteiger partial charge >= 0.3 is 0 Å². The van der Waals surface area contributed by atoms with Crippen molar-refractivity contribution in [3.63, 3.8) is 0 Å². The molecule has 1 amide bonds. The highest BCUT2D eigenvalue weighted by Gasteiger charge is 2.04. The summed E-state index contributed by atoms with van der Waals surface area (Å²) in [5, 5.41) is 4.81. The molecule has 0 bridgehead atoms. The first kappa shape index (κ1) is 11.5. The number of aromatic nitrogens is 2. The van der Waals surface area contributed by atoms with Crippen LogP contribution in [0.5, 0.6) is 0 Å². The van der Waals surface area contributed by atoms with Gasteiger partial charge in [0, 0.05) is 29.4 Å². The molecule has 1 aromatic carbocycles. The van der Waals surface area contributed by atoms with E-state index in [0.29, 0.717) is 0 Å². The van der Waals surface area contributed by atoms with Crippen LogP contribution in [0, 0.1) is 0 Å². The van der Waals surface area contributed by atoms with Crippen LogP contribution in [0.2, 0.25) is 0 Å². The van der Waals surface area contributed by atoms with Crippen LogP contribution in [0.15, 0.2) is 42.6 Å². The smallest absolute Gasteiger partial charge is 0.243 e. The monoisotopic (exact) mass is 251 g/mol. The van der Waals surface area contributed by atoms with Gasteiger partial charge in [0.2, 0.25) is 5.91 Å². The molecule has 0 fully saturated rings. The molecule has 4 heteroatoms. The average Bonchev–Trinajstić information content (AvgIpc) is 2.82. The number of para-hydroxylation sites is 1. The van der Waals surface area contributed by atoms with Crippen molar-refractivity contribution in [2.75, 3.05) is 7.05 Å². The van der Waals surface area contributed by atoms with E-state index in [2.05, 4.69) is 21.4 Å². The maximum absolute atomic E-state index is 11.2. The largest absolute Gasteiger partial charge is 0.356 e. The molecule has 0 aliphatic carbocycles. The van der Waals surface area contributed by atoms with Gasteiger partial charge in [-0.25, -0.2) is 0 Å². The minimum atomic E-state index is -0.138. The molecule has 2 heterocycles. The molecule has 0 saturated carbocycles. The van der Waals surface area contributed by atoms with Gasteiger partial charge in [-0.05, 0) is 18.2 Å². The second-order valence-electron chi connectivity index (χ2n) is 4.27. The Kier molecular flexibility index (Phi) is 2.76. The Morgan fingerprint density at radius 3 is 2.95 bits per heavy atom. The van der Waals surface area contributed by atoms with Crippen molar-refractivity contribution in [3.05, 3.63) is 48.3 Å². The molecule has 4 nitrogen and oxygen atoms in total. The lowest BCUT2D eigenvalue weighted by molar-refractivity contribution is -0.115. The molecule has 0 spiro atoms. The third-order valence-corrected chi connectivity index (χ3v) is 3.06. The van der Waals surface area contributed by atoms with Crippen LogP contribution in [-0.4, -0.2) is 22.9 Å². The summed E-state index contributed by atoms with van der Waals surface area (Å²) >= 11 is 0. The van der Waals surface area contributed by atoms with Gasteiger partial charge in [-0.3, -0.25) is 9.78 Å². The predicted molar refractivity (Wildman–Crippen MR) is 76.7 cm³/mol. The lowest BCUT2D eigenvalue weighted by Crippen LogP contribution is -2.13. The van der Waals surface area contributed by atoms with E-state index in [0.717, 1.165) is 27.5 Å². The summed E-state index contributed by atoms with van der Waals surface area (Å²) in [6.07, 6.45) is 4.97. The minimum Gasteiger partial charge on any atom is -0.356 e. The lowest BCUT2D eigenvalue weighted by atomic mass is 10.1. The zero-order valence-corrected chi connectivity index (χ0v) is 10.5. The third-order valence-electron chi connectivity index (χ3n) is 3.06. The predicted octanol–water partition coefficient (Wildman–Crippen LogP) is 2.48. The zero-order valence-electron chi connectivity index (χ0n) is 10.5. The van der Waals surface area contributed by atoms with E-state index in [9.17, 15) is 4.79 Å². The first-order chi connectivity index (χ1) is 9.28. The Bertz CT molecular complexity index is 786. The van der Waals surface area contributed by atoms with Crippen molar-refractivity contribution in [1.82, 2.24) is 15.3 Å². The standard InChI is InChI=1S/C15H13N3O/c1-16-15(19)7-6-10-8-12-11-4-2-3-5-13(11)18-14(12)9-17-10/h2-9,18H,1H3,(H,16,19)/b7-6+. The number of carbonyl (C=O) groups excluding carboxylic acids is 1. The van der Waals surface area contributed by atoms with Crippen LogP contribution >= 0.6 is 0 Å². The summed E-state index contributed by atoms with van der Waals surface area (Å²) in [6, 6.07) is 10.1. The highest BCUT2D eigenvalue weighted by Crippen LogP contribution is 2.25. The van der Waals surface area contributed by atoms with Crippen molar-refractivity contribution < 1.29 is 4.79 Å². The van der Waals surface area contributed by atoms with Crippen LogP contribution in [0.25, 0.3) is 27.9 Å². The number of carbonyl (C=O) groups is 1. The zero-order chi connectivity index (χ0) is 13.2. The molecule has 94 valence electrons. The van der Waals surface area contributed by atoms with Crippen LogP contribution in [0.3, 0.4) is 0 Å². The number of benzene rings is 1. The fourth-order valence-electron chi connectivity index (χ4n) is 2.10. The molecule has 0 aliphatic heterocycles. The number of nitrogens with one attached hydrogen (secondary N) is 2. The number of hydrogen-bond donors (Lipinski definition) is 2. The van der Waals surface area contributed by atoms with E-state index in [1.807, 2.05) is 24.3 Å². The van der Waals surface area contributed by atoms with E-state index in [4.69, 9.17) is 0 Å². The van der Waals surface area contributed by atoms with E-state index in [-0.39, 0.29) is 5.91 Å². The Morgan fingerprint density at radius 2 is 2.11 bits per heavy atom. The van der Waals surface area contributed by atoms with Gasteiger partial charge in [0.15, 0.2) is 0 Å². The van der Waals surface area contributed by atoms with E-state index < -0.39 is 0 Å². The number of likely N-dealkylation sites (N-methyl/N-ethyl adjacent to an activating group) is 1. The Balaban J connectivity index is 2.11. The topological polar surface area (TPSA) is 57.8 Å². The van der Waals surface area contributed by atoms with Crippen LogP contribution < -0.4 is 5.32 Å². The molecule has 2 N–H and O–H groups in total. The number of hydrogen-bond acceptors (Lipinski definition) is 2. The highest BCUT2D eigenvalue weighted by molar-refractivity contribution is 6.07. The SMILES string of the molecule is CNC(=O)/C=C/c1cc2c(cn1)[nH]c1ccccc12. The van der Waals surface area contributed by atoms with Gasteiger partial charge in [0.25, 0.3) is 0 Å². The third kappa shape index (κ3) is 2.08. The number of fused-ring (bicyclic) bond motifs is 3. The lowest BCUT2D eigenvalue weighted by Gasteiger charge is -1.95. The molecular formula is C15H13N3O. The summed E-state index contributed by atoms with van der Waals surface area (Å²) in [6.45, 7) is 0. The van der Waals surface area contributed by atoms with Crippen molar-refractivity contribution >= 4 is 33.8 Å². The highest BCUT2D eigenvalue weighted by atomic mass is 16.1. The first-order valence-electron chi connectivity index (χ1n) is 6.04. The summed E-state index contributed by atoms with van der Waals surface area (Å²) in [4.78, 5) is 18.8. The van der Waals surface area contributed by atoms with Crippen LogP contribution in [0.4, 0.5) is 0 Å².